The van der Waals surface area contributed by atoms with Gasteiger partial charge in [0.2, 0.25) is 0 Å². The summed E-state index contributed by atoms with van der Waals surface area (Å²) in [7, 11) is 0. The minimum absolute atomic E-state index is 0.0947. The number of carbonyl (C=O) groups excluding carboxylic acids is 1. The maximum absolute atomic E-state index is 12.4. The van der Waals surface area contributed by atoms with Gasteiger partial charge in [-0.3, -0.25) is 4.98 Å². The summed E-state index contributed by atoms with van der Waals surface area (Å²) >= 11 is 6.28. The van der Waals surface area contributed by atoms with E-state index in [1.807, 2.05) is 19.1 Å². The van der Waals surface area contributed by atoms with Gasteiger partial charge in [0.15, 0.2) is 5.69 Å². The number of hydrogen-bond donors (Lipinski definition) is 0. The van der Waals surface area contributed by atoms with Crippen LogP contribution in [0.5, 0.6) is 0 Å². The van der Waals surface area contributed by atoms with E-state index >= 15 is 0 Å². The molecule has 2 aromatic heterocycles. The van der Waals surface area contributed by atoms with Crippen LogP contribution in [0.2, 0.25) is 5.02 Å². The molecule has 140 valence electrons. The van der Waals surface area contributed by atoms with Crippen LogP contribution in [0.15, 0.2) is 57.9 Å². The maximum Gasteiger partial charge on any atom is 0.358 e. The van der Waals surface area contributed by atoms with Gasteiger partial charge in [-0.05, 0) is 36.2 Å². The predicted octanol–water partition coefficient (Wildman–Crippen LogP) is 4.31. The first-order chi connectivity index (χ1) is 13.5. The molecule has 0 fully saturated rings. The second-order valence-electron chi connectivity index (χ2n) is 6.20. The number of esters is 1. The van der Waals surface area contributed by atoms with E-state index in [1.54, 1.807) is 24.3 Å². The number of carbonyl (C=O) groups is 1. The Morgan fingerprint density at radius 2 is 1.93 bits per heavy atom. The summed E-state index contributed by atoms with van der Waals surface area (Å²) in [5.41, 5.74) is 2.65. The highest BCUT2D eigenvalue weighted by Gasteiger charge is 2.14. The van der Waals surface area contributed by atoms with E-state index in [0.29, 0.717) is 39.0 Å². The van der Waals surface area contributed by atoms with E-state index in [0.717, 1.165) is 5.56 Å². The lowest BCUT2D eigenvalue weighted by molar-refractivity contribution is 0.0467. The summed E-state index contributed by atoms with van der Waals surface area (Å²) in [6, 6.07) is 12.0. The number of fused-ring (bicyclic) bond motifs is 2. The molecule has 0 atom stereocenters. The monoisotopic (exact) mass is 394 g/mol. The van der Waals surface area contributed by atoms with Crippen molar-refractivity contribution in [3.8, 4) is 0 Å². The summed E-state index contributed by atoms with van der Waals surface area (Å²) in [5.74, 6) is -0.629. The Morgan fingerprint density at radius 1 is 1.14 bits per heavy atom. The predicted molar refractivity (Wildman–Crippen MR) is 106 cm³/mol. The summed E-state index contributed by atoms with van der Waals surface area (Å²) in [6.07, 6.45) is 2.07. The number of para-hydroxylation sites is 2. The third-order valence-corrected chi connectivity index (χ3v) is 4.75. The van der Waals surface area contributed by atoms with E-state index < -0.39 is 11.6 Å². The first-order valence-corrected chi connectivity index (χ1v) is 9.07. The molecule has 0 saturated carbocycles. The fourth-order valence-electron chi connectivity index (χ4n) is 2.95. The molecule has 7 heteroatoms. The van der Waals surface area contributed by atoms with E-state index in [2.05, 4.69) is 9.97 Å². The third-order valence-electron chi connectivity index (χ3n) is 4.39. The number of aryl methyl sites for hydroxylation is 1. The molecule has 0 bridgehead atoms. The van der Waals surface area contributed by atoms with E-state index in [-0.39, 0.29) is 12.3 Å². The Balaban J connectivity index is 1.63. The van der Waals surface area contributed by atoms with Gasteiger partial charge in [0.05, 0.1) is 17.2 Å². The third kappa shape index (κ3) is 3.46. The molecule has 0 unspecified atom stereocenters. The summed E-state index contributed by atoms with van der Waals surface area (Å²) in [4.78, 5) is 32.8. The number of hydrogen-bond acceptors (Lipinski definition) is 6. The highest BCUT2D eigenvalue weighted by Crippen LogP contribution is 2.26. The fourth-order valence-corrected chi connectivity index (χ4v) is 3.25. The summed E-state index contributed by atoms with van der Waals surface area (Å²) < 4.78 is 10.6. The van der Waals surface area contributed by atoms with Crippen molar-refractivity contribution in [3.05, 3.63) is 80.9 Å². The van der Waals surface area contributed by atoms with Gasteiger partial charge < -0.3 is 9.15 Å². The van der Waals surface area contributed by atoms with Crippen molar-refractivity contribution in [1.29, 1.82) is 0 Å². The van der Waals surface area contributed by atoms with Gasteiger partial charge in [-0.1, -0.05) is 30.7 Å². The van der Waals surface area contributed by atoms with Crippen molar-refractivity contribution < 1.29 is 13.9 Å². The minimum Gasteiger partial charge on any atom is -0.456 e. The Bertz CT molecular complexity index is 1270. The Kier molecular flexibility index (Phi) is 4.79. The highest BCUT2D eigenvalue weighted by atomic mass is 35.5. The maximum atomic E-state index is 12.4. The first-order valence-electron chi connectivity index (χ1n) is 8.69. The standard InChI is InChI=1S/C21H15ClN2O4/c1-2-12-7-19-14(9-15(12)22)13(8-20(25)28-19)11-27-21(26)18-10-23-16-5-3-4-6-17(16)24-18/h3-10H,2,11H2,1H3. The minimum atomic E-state index is -0.629. The number of aromatic nitrogens is 2. The highest BCUT2D eigenvalue weighted by molar-refractivity contribution is 6.32. The van der Waals surface area contributed by atoms with Crippen LogP contribution < -0.4 is 5.63 Å². The van der Waals surface area contributed by atoms with Crippen LogP contribution in [0, 0.1) is 0 Å². The molecule has 0 aliphatic carbocycles. The summed E-state index contributed by atoms with van der Waals surface area (Å²) in [5, 5.41) is 1.19. The number of benzene rings is 2. The zero-order chi connectivity index (χ0) is 19.7. The molecule has 0 amide bonds. The number of rotatable bonds is 4. The molecule has 28 heavy (non-hydrogen) atoms. The second kappa shape index (κ2) is 7.40. The average Bonchev–Trinajstić information content (AvgIpc) is 2.71. The molecule has 0 aliphatic heterocycles. The molecule has 2 heterocycles. The molecule has 4 rings (SSSR count). The molecule has 2 aromatic carbocycles. The van der Waals surface area contributed by atoms with Crippen molar-refractivity contribution in [2.75, 3.05) is 0 Å². The van der Waals surface area contributed by atoms with Crippen LogP contribution in [0.25, 0.3) is 22.0 Å². The number of halogens is 1. The first kappa shape index (κ1) is 18.1. The smallest absolute Gasteiger partial charge is 0.358 e. The van der Waals surface area contributed by atoms with E-state index in [4.69, 9.17) is 20.8 Å². The zero-order valence-corrected chi connectivity index (χ0v) is 15.7. The molecule has 6 nitrogen and oxygen atoms in total. The molecule has 0 aliphatic rings. The van der Waals surface area contributed by atoms with E-state index in [9.17, 15) is 9.59 Å². The fraction of sp³-hybridized carbons (Fsp3) is 0.143. The average molecular weight is 395 g/mol. The van der Waals surface area contributed by atoms with Gasteiger partial charge in [-0.15, -0.1) is 0 Å². The van der Waals surface area contributed by atoms with Crippen LogP contribution in [0.4, 0.5) is 0 Å². The van der Waals surface area contributed by atoms with Gasteiger partial charge in [0.25, 0.3) is 0 Å². The van der Waals surface area contributed by atoms with Crippen molar-refractivity contribution in [3.63, 3.8) is 0 Å². The Labute approximate surface area is 164 Å². The summed E-state index contributed by atoms with van der Waals surface area (Å²) in [6.45, 7) is 1.85. The lowest BCUT2D eigenvalue weighted by Crippen LogP contribution is -2.10. The van der Waals surface area contributed by atoms with Crippen LogP contribution in [0.1, 0.15) is 28.5 Å². The molecular formula is C21H15ClN2O4. The molecule has 0 spiro atoms. The van der Waals surface area contributed by atoms with Crippen LogP contribution in [-0.2, 0) is 17.8 Å². The molecule has 4 aromatic rings. The van der Waals surface area contributed by atoms with Gasteiger partial charge >= 0.3 is 11.6 Å². The van der Waals surface area contributed by atoms with E-state index in [1.165, 1.54) is 12.3 Å². The van der Waals surface area contributed by atoms with Crippen LogP contribution >= 0.6 is 11.6 Å². The largest absolute Gasteiger partial charge is 0.456 e. The van der Waals surface area contributed by atoms with Crippen molar-refractivity contribution in [2.45, 2.75) is 20.0 Å². The van der Waals surface area contributed by atoms with Crippen molar-refractivity contribution >= 4 is 39.6 Å². The van der Waals surface area contributed by atoms with Crippen molar-refractivity contribution in [1.82, 2.24) is 9.97 Å². The van der Waals surface area contributed by atoms with Crippen LogP contribution in [-0.4, -0.2) is 15.9 Å². The number of nitrogens with zero attached hydrogens (tertiary/aromatic N) is 2. The molecular weight excluding hydrogens is 380 g/mol. The second-order valence-corrected chi connectivity index (χ2v) is 6.61. The lowest BCUT2D eigenvalue weighted by Gasteiger charge is -2.09. The topological polar surface area (TPSA) is 82.3 Å². The molecule has 0 saturated heterocycles. The number of ether oxygens (including phenoxy) is 1. The van der Waals surface area contributed by atoms with Crippen LogP contribution in [0.3, 0.4) is 0 Å². The Morgan fingerprint density at radius 3 is 2.71 bits per heavy atom. The SMILES string of the molecule is CCc1cc2oc(=O)cc(COC(=O)c3cnc4ccccc4n3)c2cc1Cl. The molecule has 0 N–H and O–H groups in total. The van der Waals surface area contributed by atoms with Gasteiger partial charge in [0, 0.05) is 22.0 Å². The van der Waals surface area contributed by atoms with Crippen molar-refractivity contribution in [2.24, 2.45) is 0 Å². The van der Waals surface area contributed by atoms with Gasteiger partial charge in [-0.25, -0.2) is 14.6 Å². The zero-order valence-electron chi connectivity index (χ0n) is 14.9. The molecule has 0 radical (unpaired) electrons. The van der Waals surface area contributed by atoms with Gasteiger partial charge in [-0.2, -0.15) is 0 Å². The van der Waals surface area contributed by atoms with Gasteiger partial charge in [0.1, 0.15) is 12.2 Å². The lowest BCUT2D eigenvalue weighted by atomic mass is 10.1. The Hall–Kier alpha value is -3.25. The normalized spacial score (nSPS) is 11.1. The quantitative estimate of drug-likeness (QED) is 0.379.